The molecule has 5 rings (SSSR count). The number of anilines is 2. The summed E-state index contributed by atoms with van der Waals surface area (Å²) in [5, 5.41) is 0. The van der Waals surface area contributed by atoms with E-state index in [1.807, 2.05) is 4.90 Å². The van der Waals surface area contributed by atoms with Crippen molar-refractivity contribution in [1.29, 1.82) is 0 Å². The summed E-state index contributed by atoms with van der Waals surface area (Å²) in [4.78, 5) is 20.6. The molecule has 4 heterocycles. The number of nitrogens with zero attached hydrogens (tertiary/aromatic N) is 3. The maximum absolute atomic E-state index is 13.3. The van der Waals surface area contributed by atoms with Gasteiger partial charge in [-0.2, -0.15) is 0 Å². The molecular formula is C24H35N3O2. The molecule has 5 heteroatoms. The highest BCUT2D eigenvalue weighted by Gasteiger charge is 2.45. The number of carbonyl (C=O) groups is 1. The van der Waals surface area contributed by atoms with E-state index in [1.54, 1.807) is 0 Å². The van der Waals surface area contributed by atoms with E-state index in [0.29, 0.717) is 11.9 Å². The molecule has 29 heavy (non-hydrogen) atoms. The number of hydrogen-bond donors (Lipinski definition) is 0. The molecule has 158 valence electrons. The molecule has 4 aliphatic rings. The number of carbonyl (C=O) groups excluding carboxylic acids is 1. The standard InChI is InChI=1S/C24H35N3O2/c1-19-4-2-13-26(19)22-9-15-25(18-22)20-5-7-21(8-6-20)27-14-3-10-24(23(27)28)11-16-29-17-12-24/h5-8,19,22H,2-4,9-18H2,1H3. The van der Waals surface area contributed by atoms with Crippen molar-refractivity contribution < 1.29 is 9.53 Å². The van der Waals surface area contributed by atoms with Gasteiger partial charge in [0.2, 0.25) is 5.91 Å². The highest BCUT2D eigenvalue weighted by atomic mass is 16.5. The Kier molecular flexibility index (Phi) is 5.29. The van der Waals surface area contributed by atoms with Gasteiger partial charge < -0.3 is 14.5 Å². The number of benzene rings is 1. The van der Waals surface area contributed by atoms with Crippen LogP contribution in [0.4, 0.5) is 11.4 Å². The van der Waals surface area contributed by atoms with Crippen molar-refractivity contribution >= 4 is 17.3 Å². The number of piperidine rings is 1. The molecule has 0 aliphatic carbocycles. The fourth-order valence-corrected chi connectivity index (χ4v) is 6.13. The number of amides is 1. The molecule has 0 bridgehead atoms. The molecule has 1 aromatic carbocycles. The first-order chi connectivity index (χ1) is 14.2. The smallest absolute Gasteiger partial charge is 0.233 e. The SMILES string of the molecule is CC1CCCN1C1CCN(c2ccc(N3CCCC4(CCOCC4)C3=O)cc2)C1. The molecule has 4 fully saturated rings. The molecule has 2 atom stereocenters. The third-order valence-corrected chi connectivity index (χ3v) is 7.95. The van der Waals surface area contributed by atoms with Crippen molar-refractivity contribution in [3.63, 3.8) is 0 Å². The van der Waals surface area contributed by atoms with Gasteiger partial charge in [0.25, 0.3) is 0 Å². The van der Waals surface area contributed by atoms with E-state index in [0.717, 1.165) is 70.3 Å². The van der Waals surface area contributed by atoms with Gasteiger partial charge in [0.1, 0.15) is 0 Å². The summed E-state index contributed by atoms with van der Waals surface area (Å²) in [5.74, 6) is 0.323. The number of hydrogen-bond acceptors (Lipinski definition) is 4. The molecule has 0 aromatic heterocycles. The molecule has 1 amide bonds. The average molecular weight is 398 g/mol. The monoisotopic (exact) mass is 397 g/mol. The lowest BCUT2D eigenvalue weighted by molar-refractivity contribution is -0.136. The lowest BCUT2D eigenvalue weighted by Gasteiger charge is -2.43. The Morgan fingerprint density at radius 2 is 1.69 bits per heavy atom. The summed E-state index contributed by atoms with van der Waals surface area (Å²) < 4.78 is 5.53. The zero-order valence-corrected chi connectivity index (χ0v) is 17.8. The van der Waals surface area contributed by atoms with E-state index in [2.05, 4.69) is 41.0 Å². The van der Waals surface area contributed by atoms with Gasteiger partial charge in [-0.1, -0.05) is 0 Å². The van der Waals surface area contributed by atoms with Gasteiger partial charge in [-0.15, -0.1) is 0 Å². The fraction of sp³-hybridized carbons (Fsp3) is 0.708. The van der Waals surface area contributed by atoms with Crippen molar-refractivity contribution in [3.8, 4) is 0 Å². The second kappa shape index (κ2) is 7.92. The Bertz CT molecular complexity index is 723. The van der Waals surface area contributed by atoms with Gasteiger partial charge in [-0.25, -0.2) is 0 Å². The van der Waals surface area contributed by atoms with Crippen LogP contribution < -0.4 is 9.80 Å². The van der Waals surface area contributed by atoms with E-state index in [1.165, 1.54) is 31.5 Å². The highest BCUT2D eigenvalue weighted by Crippen LogP contribution is 2.42. The molecule has 2 unspecified atom stereocenters. The first-order valence-corrected chi connectivity index (χ1v) is 11.7. The average Bonchev–Trinajstić information content (AvgIpc) is 3.40. The van der Waals surface area contributed by atoms with Crippen LogP contribution in [0, 0.1) is 5.41 Å². The Labute approximate surface area is 175 Å². The van der Waals surface area contributed by atoms with Crippen LogP contribution in [0.5, 0.6) is 0 Å². The second-order valence-electron chi connectivity index (χ2n) is 9.59. The second-order valence-corrected chi connectivity index (χ2v) is 9.59. The van der Waals surface area contributed by atoms with Gasteiger partial charge in [0.05, 0.1) is 5.41 Å². The first kappa shape index (κ1) is 19.4. The Balaban J connectivity index is 1.26. The summed E-state index contributed by atoms with van der Waals surface area (Å²) in [5.41, 5.74) is 2.19. The molecule has 1 spiro atoms. The van der Waals surface area contributed by atoms with Crippen molar-refractivity contribution in [2.24, 2.45) is 5.41 Å². The molecule has 4 saturated heterocycles. The summed E-state index contributed by atoms with van der Waals surface area (Å²) in [6.07, 6.45) is 7.84. The van der Waals surface area contributed by atoms with Crippen LogP contribution >= 0.6 is 0 Å². The van der Waals surface area contributed by atoms with E-state index >= 15 is 0 Å². The van der Waals surface area contributed by atoms with E-state index in [-0.39, 0.29) is 5.41 Å². The van der Waals surface area contributed by atoms with Crippen molar-refractivity contribution in [1.82, 2.24) is 4.90 Å². The van der Waals surface area contributed by atoms with Gasteiger partial charge >= 0.3 is 0 Å². The van der Waals surface area contributed by atoms with Crippen LogP contribution in [-0.4, -0.2) is 62.3 Å². The number of ether oxygens (including phenoxy) is 1. The normalized spacial score (nSPS) is 30.4. The predicted molar refractivity (Wildman–Crippen MR) is 117 cm³/mol. The molecule has 0 radical (unpaired) electrons. The van der Waals surface area contributed by atoms with Crippen molar-refractivity contribution in [2.75, 3.05) is 49.2 Å². The lowest BCUT2D eigenvalue weighted by Crippen LogP contribution is -2.51. The maximum Gasteiger partial charge on any atom is 0.233 e. The van der Waals surface area contributed by atoms with Crippen molar-refractivity contribution in [3.05, 3.63) is 24.3 Å². The van der Waals surface area contributed by atoms with Crippen LogP contribution in [-0.2, 0) is 9.53 Å². The zero-order valence-electron chi connectivity index (χ0n) is 17.8. The van der Waals surface area contributed by atoms with Gasteiger partial charge in [0.15, 0.2) is 0 Å². The third-order valence-electron chi connectivity index (χ3n) is 7.95. The summed E-state index contributed by atoms with van der Waals surface area (Å²) in [6, 6.07) is 10.2. The summed E-state index contributed by atoms with van der Waals surface area (Å²) >= 11 is 0. The van der Waals surface area contributed by atoms with Gasteiger partial charge in [-0.05, 0) is 82.7 Å². The lowest BCUT2D eigenvalue weighted by atomic mass is 9.73. The minimum atomic E-state index is -0.177. The minimum absolute atomic E-state index is 0.177. The maximum atomic E-state index is 13.3. The van der Waals surface area contributed by atoms with Gasteiger partial charge in [-0.3, -0.25) is 9.69 Å². The first-order valence-electron chi connectivity index (χ1n) is 11.7. The molecule has 4 aliphatic heterocycles. The van der Waals surface area contributed by atoms with Crippen LogP contribution in [0.3, 0.4) is 0 Å². The minimum Gasteiger partial charge on any atom is -0.381 e. The Morgan fingerprint density at radius 1 is 0.931 bits per heavy atom. The quantitative estimate of drug-likeness (QED) is 0.780. The van der Waals surface area contributed by atoms with Gasteiger partial charge in [0, 0.05) is 56.3 Å². The summed E-state index contributed by atoms with van der Waals surface area (Å²) in [7, 11) is 0. The number of rotatable bonds is 3. The third kappa shape index (κ3) is 3.57. The molecule has 1 aromatic rings. The molecular weight excluding hydrogens is 362 g/mol. The Morgan fingerprint density at radius 3 is 2.41 bits per heavy atom. The van der Waals surface area contributed by atoms with Crippen LogP contribution in [0.1, 0.15) is 51.9 Å². The topological polar surface area (TPSA) is 36.0 Å². The zero-order chi connectivity index (χ0) is 19.8. The molecule has 0 saturated carbocycles. The van der Waals surface area contributed by atoms with E-state index in [9.17, 15) is 4.79 Å². The largest absolute Gasteiger partial charge is 0.381 e. The Hall–Kier alpha value is -1.59. The summed E-state index contributed by atoms with van der Waals surface area (Å²) in [6.45, 7) is 8.22. The van der Waals surface area contributed by atoms with E-state index < -0.39 is 0 Å². The van der Waals surface area contributed by atoms with Crippen LogP contribution in [0.15, 0.2) is 24.3 Å². The number of likely N-dealkylation sites (tertiary alicyclic amines) is 1. The highest BCUT2D eigenvalue weighted by molar-refractivity contribution is 5.98. The molecule has 5 nitrogen and oxygen atoms in total. The predicted octanol–water partition coefficient (Wildman–Crippen LogP) is 3.67. The molecule has 0 N–H and O–H groups in total. The van der Waals surface area contributed by atoms with Crippen LogP contribution in [0.2, 0.25) is 0 Å². The van der Waals surface area contributed by atoms with E-state index in [4.69, 9.17) is 4.74 Å². The fourth-order valence-electron chi connectivity index (χ4n) is 6.13. The van der Waals surface area contributed by atoms with Crippen molar-refractivity contribution in [2.45, 2.75) is 64.0 Å². The van der Waals surface area contributed by atoms with Crippen LogP contribution in [0.25, 0.3) is 0 Å².